The number of likely N-dealkylation sites (N-methyl/N-ethyl adjacent to an activating group) is 1. The summed E-state index contributed by atoms with van der Waals surface area (Å²) >= 11 is 0. The van der Waals surface area contributed by atoms with Crippen LogP contribution in [-0.4, -0.2) is 23.5 Å². The van der Waals surface area contributed by atoms with E-state index in [0.29, 0.717) is 0 Å². The molecule has 3 rings (SSSR count). The van der Waals surface area contributed by atoms with E-state index in [2.05, 4.69) is 23.0 Å². The number of rotatable bonds is 5. The summed E-state index contributed by atoms with van der Waals surface area (Å²) in [6.07, 6.45) is 3.66. The van der Waals surface area contributed by atoms with Gasteiger partial charge in [-0.1, -0.05) is 24.3 Å². The molecule has 108 valence electrons. The zero-order valence-corrected chi connectivity index (χ0v) is 12.1. The lowest BCUT2D eigenvalue weighted by molar-refractivity contribution is 0.290. The molecule has 1 aromatic carbocycles. The minimum absolute atomic E-state index is 0.140. The fourth-order valence-corrected chi connectivity index (χ4v) is 2.48. The Kier molecular flexibility index (Phi) is 3.99. The van der Waals surface area contributed by atoms with Crippen LogP contribution >= 0.6 is 0 Å². The fourth-order valence-electron chi connectivity index (χ4n) is 2.48. The lowest BCUT2D eigenvalue weighted by atomic mass is 10.2. The van der Waals surface area contributed by atoms with Gasteiger partial charge in [0.25, 0.3) is 0 Å². The highest BCUT2D eigenvalue weighted by Gasteiger charge is 2.14. The van der Waals surface area contributed by atoms with Gasteiger partial charge in [-0.05, 0) is 30.8 Å². The minimum Gasteiger partial charge on any atom is -0.459 e. The highest BCUT2D eigenvalue weighted by molar-refractivity contribution is 5.77. The molecule has 2 N–H and O–H groups in total. The van der Waals surface area contributed by atoms with Gasteiger partial charge in [0, 0.05) is 30.9 Å². The lowest BCUT2D eigenvalue weighted by Crippen LogP contribution is -2.28. The van der Waals surface area contributed by atoms with E-state index in [1.54, 1.807) is 6.20 Å². The molecule has 2 aromatic heterocycles. The number of furan rings is 1. The summed E-state index contributed by atoms with van der Waals surface area (Å²) in [6, 6.07) is 13.9. The molecule has 0 amide bonds. The number of nitrogens with two attached hydrogens (primary N) is 1. The van der Waals surface area contributed by atoms with Gasteiger partial charge < -0.3 is 15.1 Å². The van der Waals surface area contributed by atoms with Crippen molar-refractivity contribution in [2.24, 2.45) is 5.73 Å². The van der Waals surface area contributed by atoms with Crippen LogP contribution in [0.15, 0.2) is 59.3 Å². The molecule has 4 nitrogen and oxygen atoms in total. The molecule has 0 aliphatic carbocycles. The maximum Gasteiger partial charge on any atom is 0.134 e. The standard InChI is InChI=1S/C17H19N3O/c1-20(11-13-5-4-8-19-10-13)12-15(18)17-9-14-6-2-3-7-16(14)21-17/h2-10,15H,11-12,18H2,1H3. The van der Waals surface area contributed by atoms with Gasteiger partial charge in [0.1, 0.15) is 11.3 Å². The molecule has 1 atom stereocenters. The number of fused-ring (bicyclic) bond motifs is 1. The molecule has 0 fully saturated rings. The normalized spacial score (nSPS) is 12.9. The summed E-state index contributed by atoms with van der Waals surface area (Å²) in [5, 5.41) is 1.10. The monoisotopic (exact) mass is 281 g/mol. The maximum absolute atomic E-state index is 6.26. The van der Waals surface area contributed by atoms with Crippen LogP contribution in [0.2, 0.25) is 0 Å². The van der Waals surface area contributed by atoms with Crippen molar-refractivity contribution in [3.05, 3.63) is 66.2 Å². The van der Waals surface area contributed by atoms with Gasteiger partial charge in [-0.15, -0.1) is 0 Å². The molecule has 0 spiro atoms. The molecular formula is C17H19N3O. The van der Waals surface area contributed by atoms with E-state index in [1.807, 2.05) is 42.6 Å². The minimum atomic E-state index is -0.140. The number of hydrogen-bond donors (Lipinski definition) is 1. The smallest absolute Gasteiger partial charge is 0.134 e. The fraction of sp³-hybridized carbons (Fsp3) is 0.235. The quantitative estimate of drug-likeness (QED) is 0.781. The molecule has 21 heavy (non-hydrogen) atoms. The Balaban J connectivity index is 1.66. The van der Waals surface area contributed by atoms with Crippen molar-refractivity contribution in [1.82, 2.24) is 9.88 Å². The van der Waals surface area contributed by atoms with Gasteiger partial charge in [0.2, 0.25) is 0 Å². The van der Waals surface area contributed by atoms with Gasteiger partial charge in [-0.25, -0.2) is 0 Å². The van der Waals surface area contributed by atoms with Crippen molar-refractivity contribution in [3.8, 4) is 0 Å². The number of hydrogen-bond acceptors (Lipinski definition) is 4. The molecule has 0 saturated heterocycles. The number of pyridine rings is 1. The van der Waals surface area contributed by atoms with E-state index in [4.69, 9.17) is 10.2 Å². The summed E-state index contributed by atoms with van der Waals surface area (Å²) < 4.78 is 5.82. The van der Waals surface area contributed by atoms with Crippen LogP contribution in [0.25, 0.3) is 11.0 Å². The first-order valence-electron chi connectivity index (χ1n) is 7.04. The van der Waals surface area contributed by atoms with Crippen molar-refractivity contribution in [2.45, 2.75) is 12.6 Å². The lowest BCUT2D eigenvalue weighted by Gasteiger charge is -2.19. The van der Waals surface area contributed by atoms with E-state index in [0.717, 1.165) is 29.8 Å². The second-order valence-corrected chi connectivity index (χ2v) is 5.35. The average Bonchev–Trinajstić information content (AvgIpc) is 2.92. The predicted molar refractivity (Wildman–Crippen MR) is 83.7 cm³/mol. The largest absolute Gasteiger partial charge is 0.459 e. The van der Waals surface area contributed by atoms with Crippen LogP contribution in [0.5, 0.6) is 0 Å². The van der Waals surface area contributed by atoms with Crippen LogP contribution in [0.4, 0.5) is 0 Å². The predicted octanol–water partition coefficient (Wildman–Crippen LogP) is 2.96. The molecule has 1 unspecified atom stereocenters. The first-order valence-corrected chi connectivity index (χ1v) is 7.04. The summed E-state index contributed by atoms with van der Waals surface area (Å²) in [5.41, 5.74) is 8.33. The van der Waals surface area contributed by atoms with Gasteiger partial charge in [0.05, 0.1) is 6.04 Å². The van der Waals surface area contributed by atoms with Gasteiger partial charge >= 0.3 is 0 Å². The maximum atomic E-state index is 6.26. The number of aromatic nitrogens is 1. The Morgan fingerprint density at radius 1 is 1.24 bits per heavy atom. The van der Waals surface area contributed by atoms with Crippen LogP contribution in [-0.2, 0) is 6.54 Å². The van der Waals surface area contributed by atoms with Gasteiger partial charge in [-0.2, -0.15) is 0 Å². The molecule has 3 aromatic rings. The van der Waals surface area contributed by atoms with Crippen molar-refractivity contribution < 1.29 is 4.42 Å². The average molecular weight is 281 g/mol. The Morgan fingerprint density at radius 2 is 2.10 bits per heavy atom. The molecule has 4 heteroatoms. The number of para-hydroxylation sites is 1. The highest BCUT2D eigenvalue weighted by atomic mass is 16.3. The summed E-state index contributed by atoms with van der Waals surface area (Å²) in [5.74, 6) is 0.828. The number of nitrogens with zero attached hydrogens (tertiary/aromatic N) is 2. The molecule has 0 radical (unpaired) electrons. The third-order valence-electron chi connectivity index (χ3n) is 3.49. The van der Waals surface area contributed by atoms with E-state index in [1.165, 1.54) is 5.56 Å². The van der Waals surface area contributed by atoms with Crippen molar-refractivity contribution in [1.29, 1.82) is 0 Å². The molecule has 2 heterocycles. The molecule has 0 saturated carbocycles. The van der Waals surface area contributed by atoms with Crippen LogP contribution in [0.1, 0.15) is 17.4 Å². The van der Waals surface area contributed by atoms with Crippen LogP contribution in [0.3, 0.4) is 0 Å². The second-order valence-electron chi connectivity index (χ2n) is 5.35. The third kappa shape index (κ3) is 3.29. The molecule has 0 aliphatic rings. The topological polar surface area (TPSA) is 55.3 Å². The van der Waals surface area contributed by atoms with Crippen molar-refractivity contribution in [2.75, 3.05) is 13.6 Å². The van der Waals surface area contributed by atoms with Gasteiger partial charge in [0.15, 0.2) is 0 Å². The molecule has 0 bridgehead atoms. The summed E-state index contributed by atoms with van der Waals surface area (Å²) in [4.78, 5) is 6.30. The second kappa shape index (κ2) is 6.08. The van der Waals surface area contributed by atoms with E-state index in [9.17, 15) is 0 Å². The molecular weight excluding hydrogens is 262 g/mol. The van der Waals surface area contributed by atoms with Crippen molar-refractivity contribution in [3.63, 3.8) is 0 Å². The molecule has 0 aliphatic heterocycles. The Morgan fingerprint density at radius 3 is 2.86 bits per heavy atom. The van der Waals surface area contributed by atoms with Gasteiger partial charge in [-0.3, -0.25) is 4.98 Å². The van der Waals surface area contributed by atoms with Crippen LogP contribution in [0, 0.1) is 0 Å². The third-order valence-corrected chi connectivity index (χ3v) is 3.49. The zero-order valence-electron chi connectivity index (χ0n) is 12.1. The van der Waals surface area contributed by atoms with E-state index >= 15 is 0 Å². The van der Waals surface area contributed by atoms with E-state index in [-0.39, 0.29) is 6.04 Å². The van der Waals surface area contributed by atoms with Crippen molar-refractivity contribution >= 4 is 11.0 Å². The Labute approximate surface area is 124 Å². The number of benzene rings is 1. The Hall–Kier alpha value is -2.17. The first-order chi connectivity index (χ1) is 10.2. The first kappa shape index (κ1) is 13.8. The summed E-state index contributed by atoms with van der Waals surface area (Å²) in [7, 11) is 2.05. The summed E-state index contributed by atoms with van der Waals surface area (Å²) in [6.45, 7) is 1.55. The highest BCUT2D eigenvalue weighted by Crippen LogP contribution is 2.23. The van der Waals surface area contributed by atoms with E-state index < -0.39 is 0 Å². The zero-order chi connectivity index (χ0) is 14.7. The SMILES string of the molecule is CN(Cc1cccnc1)CC(N)c1cc2ccccc2o1. The Bertz CT molecular complexity index is 675. The van der Waals surface area contributed by atoms with Crippen LogP contribution < -0.4 is 5.73 Å².